The summed E-state index contributed by atoms with van der Waals surface area (Å²) in [5.41, 5.74) is 0.276. The lowest BCUT2D eigenvalue weighted by atomic mass is 9.75. The summed E-state index contributed by atoms with van der Waals surface area (Å²) >= 11 is 0. The molecule has 0 saturated carbocycles. The van der Waals surface area contributed by atoms with E-state index in [0.29, 0.717) is 5.56 Å². The Hall–Kier alpha value is -3.15. The van der Waals surface area contributed by atoms with Gasteiger partial charge < -0.3 is 18.8 Å². The molecule has 0 amide bonds. The third-order valence-corrected chi connectivity index (χ3v) is 6.29. The van der Waals surface area contributed by atoms with E-state index in [-0.39, 0.29) is 23.7 Å². The van der Waals surface area contributed by atoms with Gasteiger partial charge in [-0.15, -0.1) is 0 Å². The smallest absolute Gasteiger partial charge is 0.387 e. The fraction of sp³-hybridized carbons (Fsp3) is 0.423. The van der Waals surface area contributed by atoms with Gasteiger partial charge in [0.05, 0.1) is 5.70 Å². The van der Waals surface area contributed by atoms with E-state index in [1.54, 1.807) is 64.5 Å². The first kappa shape index (κ1) is 29.4. The van der Waals surface area contributed by atoms with Crippen LogP contribution in [0.3, 0.4) is 0 Å². The minimum Gasteiger partial charge on any atom is -0.539 e. The zero-order chi connectivity index (χ0) is 28.2. The van der Waals surface area contributed by atoms with Crippen LogP contribution >= 0.6 is 0 Å². The number of rotatable bonds is 10. The lowest BCUT2D eigenvalue weighted by molar-refractivity contribution is -0.0692. The molecule has 0 bridgehead atoms. The average Bonchev–Trinajstić information content (AvgIpc) is 2.81. The van der Waals surface area contributed by atoms with Crippen LogP contribution < -0.4 is 14.4 Å². The van der Waals surface area contributed by atoms with Gasteiger partial charge in [0.15, 0.2) is 29.3 Å². The van der Waals surface area contributed by atoms with Crippen molar-refractivity contribution in [3.05, 3.63) is 71.6 Å². The number of ether oxygens (including phenoxy) is 2. The molecule has 5 nitrogen and oxygen atoms in total. The summed E-state index contributed by atoms with van der Waals surface area (Å²) in [6.45, 7) is 2.23. The number of benzene rings is 1. The number of alkyl halides is 5. The Bertz CT molecular complexity index is 1160. The first-order valence-electron chi connectivity index (χ1n) is 11.7. The molecule has 2 aromatic rings. The van der Waals surface area contributed by atoms with Crippen LogP contribution in [0.2, 0.25) is 13.1 Å². The van der Waals surface area contributed by atoms with Crippen molar-refractivity contribution in [2.75, 3.05) is 4.90 Å². The second kappa shape index (κ2) is 12.1. The normalized spacial score (nSPS) is 18.2. The van der Waals surface area contributed by atoms with Crippen LogP contribution in [-0.2, 0) is 11.0 Å². The number of hydrogen-bond donors (Lipinski definition) is 0. The van der Waals surface area contributed by atoms with Crippen LogP contribution in [-0.4, -0.2) is 33.4 Å². The van der Waals surface area contributed by atoms with E-state index >= 15 is 8.78 Å². The Balaban J connectivity index is 2.23. The van der Waals surface area contributed by atoms with Crippen LogP contribution in [0.1, 0.15) is 26.3 Å². The molecule has 0 N–H and O–H groups in total. The van der Waals surface area contributed by atoms with Crippen molar-refractivity contribution in [3.8, 4) is 11.5 Å². The highest BCUT2D eigenvalue weighted by Crippen LogP contribution is 2.45. The van der Waals surface area contributed by atoms with Gasteiger partial charge in [-0.3, -0.25) is 4.98 Å². The summed E-state index contributed by atoms with van der Waals surface area (Å²) in [6.07, 6.45) is 2.70. The number of hydrogen-bond acceptors (Lipinski definition) is 5. The first-order chi connectivity index (χ1) is 17.8. The molecular formula is C26H29F6N2O3Si. The summed E-state index contributed by atoms with van der Waals surface area (Å²) in [5, 5.41) is 0. The minimum absolute atomic E-state index is 0.0340. The lowest BCUT2D eigenvalue weighted by Crippen LogP contribution is -2.37. The third-order valence-electron chi connectivity index (χ3n) is 5.68. The summed E-state index contributed by atoms with van der Waals surface area (Å²) < 4.78 is 97.6. The molecule has 38 heavy (non-hydrogen) atoms. The second-order valence-corrected chi connectivity index (χ2v) is 11.9. The van der Waals surface area contributed by atoms with Crippen molar-refractivity contribution in [3.63, 3.8) is 0 Å². The Morgan fingerprint density at radius 2 is 1.68 bits per heavy atom. The zero-order valence-electron chi connectivity index (χ0n) is 21.5. The number of allylic oxidation sites excluding steroid dienone is 2. The summed E-state index contributed by atoms with van der Waals surface area (Å²) in [7, 11) is -1.58. The molecular weight excluding hydrogens is 530 g/mol. The maximum atomic E-state index is 15.6. The molecule has 0 aliphatic heterocycles. The van der Waals surface area contributed by atoms with Crippen molar-refractivity contribution in [2.24, 2.45) is 11.3 Å². The highest BCUT2D eigenvalue weighted by atomic mass is 28.3. The van der Waals surface area contributed by atoms with Crippen molar-refractivity contribution in [1.29, 1.82) is 0 Å². The molecule has 207 valence electrons. The zero-order valence-corrected chi connectivity index (χ0v) is 22.5. The van der Waals surface area contributed by atoms with E-state index in [0.717, 1.165) is 12.1 Å². The topological polar surface area (TPSA) is 43.8 Å². The number of anilines is 1. The molecule has 3 rings (SSSR count). The standard InChI is InChI=1S/C26H29F6N2O3Si/c1-26(2,3)17-12-18(23(37-38(4)5)22(28)21(17)27)34(14-15-7-6-10-33-13-15)16-8-9-19(35-24(29)30)20(11-16)36-25(31)32/h6-13,17,21,24-25H,14H2,1-5H3. The molecule has 0 spiro atoms. The first-order valence-corrected chi connectivity index (χ1v) is 14.1. The molecule has 1 heterocycles. The van der Waals surface area contributed by atoms with Gasteiger partial charge in [-0.25, -0.2) is 8.78 Å². The largest absolute Gasteiger partial charge is 0.539 e. The fourth-order valence-corrected chi connectivity index (χ4v) is 4.59. The predicted molar refractivity (Wildman–Crippen MR) is 133 cm³/mol. The Morgan fingerprint density at radius 1 is 1.03 bits per heavy atom. The monoisotopic (exact) mass is 559 g/mol. The van der Waals surface area contributed by atoms with Gasteiger partial charge in [-0.05, 0) is 48.3 Å². The highest BCUT2D eigenvalue weighted by molar-refractivity contribution is 6.48. The third kappa shape index (κ3) is 7.24. The van der Waals surface area contributed by atoms with Gasteiger partial charge in [-0.2, -0.15) is 17.6 Å². The minimum atomic E-state index is -3.33. The summed E-state index contributed by atoms with van der Waals surface area (Å²) in [6, 6.07) is 6.88. The van der Waals surface area contributed by atoms with Crippen molar-refractivity contribution < 1.29 is 40.2 Å². The molecule has 1 aliphatic rings. The molecule has 2 atom stereocenters. The Morgan fingerprint density at radius 3 is 2.24 bits per heavy atom. The van der Waals surface area contributed by atoms with Crippen molar-refractivity contribution >= 4 is 14.7 Å². The van der Waals surface area contributed by atoms with E-state index in [1.807, 2.05) is 0 Å². The average molecular weight is 560 g/mol. The number of halogens is 6. The van der Waals surface area contributed by atoms with Crippen molar-refractivity contribution in [1.82, 2.24) is 4.98 Å². The van der Waals surface area contributed by atoms with E-state index in [1.165, 1.54) is 11.0 Å². The maximum absolute atomic E-state index is 15.6. The predicted octanol–water partition coefficient (Wildman–Crippen LogP) is 7.64. The van der Waals surface area contributed by atoms with Crippen LogP contribution in [0.25, 0.3) is 0 Å². The SMILES string of the molecule is C[Si](C)OC1=C(F)C(F)C(C(C)(C)C)C=C1N(Cc1cccnc1)c1ccc(OC(F)F)c(OC(F)F)c1. The van der Waals surface area contributed by atoms with E-state index in [4.69, 9.17) is 4.43 Å². The molecule has 0 fully saturated rings. The summed E-state index contributed by atoms with van der Waals surface area (Å²) in [4.78, 5) is 5.60. The molecule has 1 aromatic heterocycles. The Labute approximate surface area is 219 Å². The Kier molecular flexibility index (Phi) is 9.39. The van der Waals surface area contributed by atoms with Gasteiger partial charge in [0.2, 0.25) is 0 Å². The number of pyridine rings is 1. The molecule has 0 saturated heterocycles. The van der Waals surface area contributed by atoms with Gasteiger partial charge in [0.1, 0.15) is 0 Å². The molecule has 1 radical (unpaired) electrons. The molecule has 12 heteroatoms. The number of nitrogens with zero attached hydrogens (tertiary/aromatic N) is 2. The molecule has 1 aliphatic carbocycles. The van der Waals surface area contributed by atoms with Crippen molar-refractivity contribution in [2.45, 2.75) is 59.8 Å². The van der Waals surface area contributed by atoms with E-state index in [9.17, 15) is 17.6 Å². The lowest BCUT2D eigenvalue weighted by Gasteiger charge is -2.39. The van der Waals surface area contributed by atoms with Crippen LogP contribution in [0.5, 0.6) is 11.5 Å². The number of aromatic nitrogens is 1. The molecule has 1 aromatic carbocycles. The van der Waals surface area contributed by atoms with Gasteiger partial charge in [0.25, 0.3) is 9.04 Å². The van der Waals surface area contributed by atoms with Crippen LogP contribution in [0.15, 0.2) is 66.1 Å². The van der Waals surface area contributed by atoms with Gasteiger partial charge in [0, 0.05) is 36.6 Å². The summed E-state index contributed by atoms with van der Waals surface area (Å²) in [5.74, 6) is -3.53. The van der Waals surface area contributed by atoms with Gasteiger partial charge >= 0.3 is 13.2 Å². The molecule has 2 unspecified atom stereocenters. The fourth-order valence-electron chi connectivity index (χ4n) is 3.98. The van der Waals surface area contributed by atoms with Crippen LogP contribution in [0.4, 0.5) is 32.0 Å². The second-order valence-electron chi connectivity index (χ2n) is 9.87. The van der Waals surface area contributed by atoms with E-state index in [2.05, 4.69) is 14.5 Å². The highest BCUT2D eigenvalue weighted by Gasteiger charge is 2.42. The maximum Gasteiger partial charge on any atom is 0.387 e. The van der Waals surface area contributed by atoms with Crippen LogP contribution in [0, 0.1) is 11.3 Å². The van der Waals surface area contributed by atoms with Gasteiger partial charge in [-0.1, -0.05) is 26.8 Å². The van der Waals surface area contributed by atoms with E-state index < -0.39 is 57.1 Å². The quantitative estimate of drug-likeness (QED) is 0.221.